The van der Waals surface area contributed by atoms with Gasteiger partial charge in [-0.15, -0.1) is 0 Å². The third-order valence-electron chi connectivity index (χ3n) is 3.82. The number of carboxylic acids is 1. The van der Waals surface area contributed by atoms with Crippen LogP contribution in [0.2, 0.25) is 0 Å². The van der Waals surface area contributed by atoms with Crippen LogP contribution < -0.4 is 0 Å². The first kappa shape index (κ1) is 29.7. The van der Waals surface area contributed by atoms with Crippen molar-refractivity contribution in [1.29, 1.82) is 0 Å². The Labute approximate surface area is 173 Å². The summed E-state index contributed by atoms with van der Waals surface area (Å²) in [6, 6.07) is 0. The zero-order valence-electron chi connectivity index (χ0n) is 16.7. The quantitative estimate of drug-likeness (QED) is 0.323. The molecule has 0 saturated heterocycles. The molecule has 1 aliphatic rings. The van der Waals surface area contributed by atoms with Crippen LogP contribution in [0.5, 0.6) is 0 Å². The van der Waals surface area contributed by atoms with Crippen molar-refractivity contribution in [2.75, 3.05) is 0 Å². The van der Waals surface area contributed by atoms with Crippen molar-refractivity contribution in [2.24, 2.45) is 0 Å². The number of carboxylic acid groups (broad SMARTS) is 1. The maximum absolute atomic E-state index is 13.9. The molecule has 0 unspecified atom stereocenters. The normalized spacial score (nSPS) is 24.4. The SMILES string of the molecule is C=CC(=O)OC(C)(C)C.CC(=CC1(F)C(F)(F)C(F)(F)C(F)(F)C(F)(F)C1(F)F)C(=O)O. The minimum absolute atomic E-state index is 0.138. The van der Waals surface area contributed by atoms with Crippen molar-refractivity contribution in [3.63, 3.8) is 0 Å². The van der Waals surface area contributed by atoms with Gasteiger partial charge in [0, 0.05) is 11.6 Å². The fourth-order valence-electron chi connectivity index (χ4n) is 2.13. The molecule has 1 N–H and O–H groups in total. The Balaban J connectivity index is 0.000000900. The Morgan fingerprint density at radius 2 is 1.09 bits per heavy atom. The lowest BCUT2D eigenvalue weighted by molar-refractivity contribution is -0.477. The van der Waals surface area contributed by atoms with Crippen molar-refractivity contribution in [3.8, 4) is 0 Å². The number of aliphatic carboxylic acids is 1. The number of hydrogen-bond donors (Lipinski definition) is 1. The van der Waals surface area contributed by atoms with E-state index in [4.69, 9.17) is 9.84 Å². The molecule has 15 heteroatoms. The number of carbonyl (C=O) groups is 2. The second-order valence-electron chi connectivity index (χ2n) is 7.45. The second kappa shape index (κ2) is 8.21. The highest BCUT2D eigenvalue weighted by molar-refractivity contribution is 5.86. The van der Waals surface area contributed by atoms with E-state index >= 15 is 0 Å². The Hall–Kier alpha value is -2.35. The summed E-state index contributed by atoms with van der Waals surface area (Å²) in [4.78, 5) is 20.8. The third-order valence-corrected chi connectivity index (χ3v) is 3.82. The van der Waals surface area contributed by atoms with E-state index in [9.17, 15) is 57.9 Å². The minimum Gasteiger partial charge on any atom is -0.478 e. The molecular weight excluding hydrogens is 477 g/mol. The number of hydrogen-bond acceptors (Lipinski definition) is 3. The zero-order chi connectivity index (χ0) is 26.4. The lowest BCUT2D eigenvalue weighted by Crippen LogP contribution is -2.83. The van der Waals surface area contributed by atoms with E-state index in [-0.39, 0.29) is 12.9 Å². The van der Waals surface area contributed by atoms with E-state index in [0.29, 0.717) is 0 Å². The highest BCUT2D eigenvalue weighted by Gasteiger charge is 3.00. The highest BCUT2D eigenvalue weighted by Crippen LogP contribution is 2.69. The van der Waals surface area contributed by atoms with Crippen molar-refractivity contribution >= 4 is 11.9 Å². The molecular formula is C17H17F11O4. The van der Waals surface area contributed by atoms with Gasteiger partial charge in [-0.25, -0.2) is 14.0 Å². The summed E-state index contributed by atoms with van der Waals surface area (Å²) in [5.41, 5.74) is -8.59. The summed E-state index contributed by atoms with van der Waals surface area (Å²) in [6.07, 6.45) is -0.266. The lowest BCUT2D eigenvalue weighted by atomic mass is 9.71. The van der Waals surface area contributed by atoms with Gasteiger partial charge in [0.2, 0.25) is 0 Å². The Kier molecular flexibility index (Phi) is 7.61. The molecule has 0 aromatic rings. The second-order valence-corrected chi connectivity index (χ2v) is 7.45. The number of esters is 1. The lowest BCUT2D eigenvalue weighted by Gasteiger charge is -2.51. The van der Waals surface area contributed by atoms with Crippen molar-refractivity contribution in [1.82, 2.24) is 0 Å². The van der Waals surface area contributed by atoms with Crippen LogP contribution in [0.3, 0.4) is 0 Å². The van der Waals surface area contributed by atoms with E-state index < -0.39 is 58.5 Å². The fourth-order valence-corrected chi connectivity index (χ4v) is 2.13. The summed E-state index contributed by atoms with van der Waals surface area (Å²) >= 11 is 0. The summed E-state index contributed by atoms with van der Waals surface area (Å²) in [5, 5.41) is 8.28. The van der Waals surface area contributed by atoms with Crippen molar-refractivity contribution in [3.05, 3.63) is 24.3 Å². The molecule has 1 aliphatic carbocycles. The van der Waals surface area contributed by atoms with Crippen LogP contribution in [0.15, 0.2) is 24.3 Å². The topological polar surface area (TPSA) is 63.6 Å². The molecule has 0 amide bonds. The Morgan fingerprint density at radius 3 is 1.31 bits per heavy atom. The number of alkyl halides is 11. The van der Waals surface area contributed by atoms with Crippen LogP contribution in [0, 0.1) is 0 Å². The average molecular weight is 494 g/mol. The molecule has 0 radical (unpaired) electrons. The van der Waals surface area contributed by atoms with Crippen LogP contribution in [0.25, 0.3) is 0 Å². The molecule has 0 bridgehead atoms. The molecule has 0 heterocycles. The van der Waals surface area contributed by atoms with E-state index in [1.165, 1.54) is 0 Å². The largest absolute Gasteiger partial charge is 0.478 e. The number of halogens is 11. The molecule has 186 valence electrons. The minimum atomic E-state index is -7.31. The standard InChI is InChI=1S/C10H5F11O2.C7H12O2/c1-3(4(22)23)2-5(11)6(12,13)8(16,17)10(20,21)9(18,19)7(5,14)15;1-5-6(8)9-7(2,3)4/h2H,1H3,(H,22,23);5H,1H2,2-4H3. The maximum atomic E-state index is 13.9. The highest BCUT2D eigenvalue weighted by atomic mass is 19.4. The van der Waals surface area contributed by atoms with Gasteiger partial charge in [-0.3, -0.25) is 0 Å². The molecule has 0 spiro atoms. The van der Waals surface area contributed by atoms with Gasteiger partial charge < -0.3 is 9.84 Å². The Bertz CT molecular complexity index is 765. The van der Waals surface area contributed by atoms with E-state index in [2.05, 4.69) is 6.58 Å². The van der Waals surface area contributed by atoms with Crippen LogP contribution in [0.4, 0.5) is 48.3 Å². The van der Waals surface area contributed by atoms with Crippen LogP contribution in [-0.4, -0.2) is 57.9 Å². The molecule has 4 nitrogen and oxygen atoms in total. The van der Waals surface area contributed by atoms with E-state index in [1.54, 1.807) is 0 Å². The van der Waals surface area contributed by atoms with Gasteiger partial charge >= 0.3 is 41.6 Å². The maximum Gasteiger partial charge on any atom is 0.384 e. The molecule has 32 heavy (non-hydrogen) atoms. The fraction of sp³-hybridized carbons (Fsp3) is 0.647. The van der Waals surface area contributed by atoms with E-state index in [1.807, 2.05) is 20.8 Å². The summed E-state index contributed by atoms with van der Waals surface area (Å²) in [5.74, 6) is -38.7. The molecule has 0 aliphatic heterocycles. The van der Waals surface area contributed by atoms with Gasteiger partial charge in [-0.2, -0.15) is 43.9 Å². The molecule has 1 rings (SSSR count). The number of ether oxygens (including phenoxy) is 1. The molecule has 1 saturated carbocycles. The number of allylic oxidation sites excluding steroid dienone is 1. The predicted octanol–water partition coefficient (Wildman–Crippen LogP) is 5.43. The molecule has 0 aromatic carbocycles. The van der Waals surface area contributed by atoms with Crippen LogP contribution >= 0.6 is 0 Å². The summed E-state index contributed by atoms with van der Waals surface area (Å²) in [7, 11) is 0. The Morgan fingerprint density at radius 1 is 0.781 bits per heavy atom. The van der Waals surface area contributed by atoms with Gasteiger partial charge in [-0.1, -0.05) is 6.58 Å². The number of rotatable bonds is 3. The van der Waals surface area contributed by atoms with E-state index in [0.717, 1.165) is 6.08 Å². The monoisotopic (exact) mass is 494 g/mol. The molecule has 1 fully saturated rings. The predicted molar refractivity (Wildman–Crippen MR) is 86.0 cm³/mol. The van der Waals surface area contributed by atoms with Gasteiger partial charge in [-0.05, 0) is 33.8 Å². The first-order valence-electron chi connectivity index (χ1n) is 8.14. The first-order valence-corrected chi connectivity index (χ1v) is 8.14. The molecule has 0 aromatic heterocycles. The first-order chi connectivity index (χ1) is 13.8. The summed E-state index contributed by atoms with van der Waals surface area (Å²) in [6.45, 7) is 8.85. The van der Waals surface area contributed by atoms with Gasteiger partial charge in [0.1, 0.15) is 5.60 Å². The number of carbonyl (C=O) groups excluding carboxylic acids is 1. The third kappa shape index (κ3) is 4.29. The van der Waals surface area contributed by atoms with Crippen LogP contribution in [-0.2, 0) is 14.3 Å². The van der Waals surface area contributed by atoms with Crippen molar-refractivity contribution < 1.29 is 67.7 Å². The molecule has 0 atom stereocenters. The van der Waals surface area contributed by atoms with Crippen LogP contribution in [0.1, 0.15) is 27.7 Å². The van der Waals surface area contributed by atoms with Gasteiger partial charge in [0.25, 0.3) is 5.67 Å². The summed E-state index contributed by atoms with van der Waals surface area (Å²) < 4.78 is 150. The average Bonchev–Trinajstić information content (AvgIpc) is 2.58. The van der Waals surface area contributed by atoms with Crippen molar-refractivity contribution in [2.45, 2.75) is 68.6 Å². The smallest absolute Gasteiger partial charge is 0.384 e. The van der Waals surface area contributed by atoms with Gasteiger partial charge in [0.05, 0.1) is 0 Å². The zero-order valence-corrected chi connectivity index (χ0v) is 16.7. The van der Waals surface area contributed by atoms with Gasteiger partial charge in [0.15, 0.2) is 0 Å².